The third-order valence-corrected chi connectivity index (χ3v) is 4.81. The summed E-state index contributed by atoms with van der Waals surface area (Å²) in [5.41, 5.74) is 2.40. The van der Waals surface area contributed by atoms with Gasteiger partial charge in [-0.3, -0.25) is 19.4 Å². The first-order chi connectivity index (χ1) is 12.6. The van der Waals surface area contributed by atoms with Crippen molar-refractivity contribution in [2.45, 2.75) is 53.2 Å². The highest BCUT2D eigenvalue weighted by atomic mass is 32.1. The van der Waals surface area contributed by atoms with Crippen molar-refractivity contribution in [3.63, 3.8) is 0 Å². The molecular formula is C19H29N5OS. The fraction of sp³-hybridized carbons (Fsp3) is 0.526. The zero-order chi connectivity index (χ0) is 18.9. The number of amides is 1. The molecule has 0 saturated carbocycles. The lowest BCUT2D eigenvalue weighted by atomic mass is 10.1. The van der Waals surface area contributed by atoms with Gasteiger partial charge in [0, 0.05) is 19.5 Å². The molecule has 2 aromatic rings. The number of aromatic nitrogens is 3. The molecule has 1 aromatic carbocycles. The van der Waals surface area contributed by atoms with Gasteiger partial charge in [0.15, 0.2) is 4.77 Å². The Hall–Kier alpha value is -1.99. The van der Waals surface area contributed by atoms with Crippen molar-refractivity contribution in [3.8, 4) is 0 Å². The van der Waals surface area contributed by atoms with Gasteiger partial charge in [-0.2, -0.15) is 5.10 Å². The van der Waals surface area contributed by atoms with Gasteiger partial charge in [0.05, 0.1) is 0 Å². The van der Waals surface area contributed by atoms with Crippen molar-refractivity contribution in [2.75, 3.05) is 13.1 Å². The van der Waals surface area contributed by atoms with Gasteiger partial charge in [0.1, 0.15) is 12.4 Å². The molecule has 0 bridgehead atoms. The predicted molar refractivity (Wildman–Crippen MR) is 106 cm³/mol. The Bertz CT molecular complexity index is 763. The molecule has 1 heterocycles. The van der Waals surface area contributed by atoms with Crippen LogP contribution in [0.25, 0.3) is 0 Å². The summed E-state index contributed by atoms with van der Waals surface area (Å²) in [5, 5.41) is 9.99. The van der Waals surface area contributed by atoms with Crippen LogP contribution in [0.2, 0.25) is 0 Å². The minimum absolute atomic E-state index is 0.0579. The molecule has 6 nitrogen and oxygen atoms in total. The van der Waals surface area contributed by atoms with Crippen LogP contribution in [-0.4, -0.2) is 38.7 Å². The number of H-pyrrole nitrogens is 1. The molecule has 0 saturated heterocycles. The van der Waals surface area contributed by atoms with Gasteiger partial charge in [0.25, 0.3) is 0 Å². The molecule has 0 aliphatic carbocycles. The summed E-state index contributed by atoms with van der Waals surface area (Å²) in [7, 11) is 0. The van der Waals surface area contributed by atoms with Gasteiger partial charge >= 0.3 is 0 Å². The zero-order valence-electron chi connectivity index (χ0n) is 15.9. The number of carbonyl (C=O) groups excluding carboxylic acids is 1. The van der Waals surface area contributed by atoms with Gasteiger partial charge in [-0.15, -0.1) is 0 Å². The quantitative estimate of drug-likeness (QED) is 0.627. The lowest BCUT2D eigenvalue weighted by molar-refractivity contribution is -0.121. The van der Waals surface area contributed by atoms with E-state index in [1.807, 2.05) is 12.1 Å². The molecule has 142 valence electrons. The number of hydrogen-bond donors (Lipinski definition) is 2. The van der Waals surface area contributed by atoms with E-state index < -0.39 is 0 Å². The monoisotopic (exact) mass is 375 g/mol. The van der Waals surface area contributed by atoms with Crippen LogP contribution in [0.15, 0.2) is 24.3 Å². The molecule has 0 aliphatic rings. The third-order valence-electron chi connectivity index (χ3n) is 4.50. The number of nitrogens with one attached hydrogen (secondary N) is 2. The highest BCUT2D eigenvalue weighted by molar-refractivity contribution is 7.71. The van der Waals surface area contributed by atoms with Crippen LogP contribution in [0.3, 0.4) is 0 Å². The van der Waals surface area contributed by atoms with Gasteiger partial charge in [-0.25, -0.2) is 0 Å². The lowest BCUT2D eigenvalue weighted by Gasteiger charge is -2.20. The summed E-state index contributed by atoms with van der Waals surface area (Å²) in [6.07, 6.45) is 1.76. The largest absolute Gasteiger partial charge is 0.350 e. The van der Waals surface area contributed by atoms with E-state index in [2.05, 4.69) is 53.3 Å². The molecule has 0 atom stereocenters. The Morgan fingerprint density at radius 2 is 1.92 bits per heavy atom. The normalized spacial score (nSPS) is 11.1. The second kappa shape index (κ2) is 10.2. The van der Waals surface area contributed by atoms with Crippen molar-refractivity contribution < 1.29 is 4.79 Å². The van der Waals surface area contributed by atoms with E-state index >= 15 is 0 Å². The maximum Gasteiger partial charge on any atom is 0.240 e. The van der Waals surface area contributed by atoms with Crippen LogP contribution in [0.1, 0.15) is 44.1 Å². The Morgan fingerprint density at radius 1 is 1.23 bits per heavy atom. The number of benzene rings is 1. The van der Waals surface area contributed by atoms with Crippen molar-refractivity contribution >= 4 is 18.1 Å². The number of aryl methyl sites for hydroxylation is 1. The van der Waals surface area contributed by atoms with E-state index in [1.54, 1.807) is 4.57 Å². The molecule has 0 spiro atoms. The summed E-state index contributed by atoms with van der Waals surface area (Å²) < 4.78 is 2.27. The Balaban J connectivity index is 2.00. The smallest absolute Gasteiger partial charge is 0.240 e. The summed E-state index contributed by atoms with van der Waals surface area (Å²) in [4.78, 5) is 14.8. The second-order valence-corrected chi connectivity index (χ2v) is 6.67. The first kappa shape index (κ1) is 20.3. The number of nitrogens with zero attached hydrogens (tertiary/aromatic N) is 3. The van der Waals surface area contributed by atoms with Gasteiger partial charge in [-0.05, 0) is 42.9 Å². The van der Waals surface area contributed by atoms with E-state index in [4.69, 9.17) is 12.2 Å². The van der Waals surface area contributed by atoms with E-state index in [-0.39, 0.29) is 12.5 Å². The molecule has 7 heteroatoms. The minimum Gasteiger partial charge on any atom is -0.350 e. The highest BCUT2D eigenvalue weighted by Crippen LogP contribution is 2.12. The molecule has 0 fully saturated rings. The standard InChI is InChI=1S/C19H29N5OS/c1-4-9-17-21-22-19(26)24(17)14-18(25)20-12-15-10-7-8-11-16(15)13-23(5-2)6-3/h7-8,10-11H,4-6,9,12-14H2,1-3H3,(H,20,25)(H,22,26). The van der Waals surface area contributed by atoms with E-state index in [1.165, 1.54) is 5.56 Å². The number of carbonyl (C=O) groups is 1. The first-order valence-electron chi connectivity index (χ1n) is 9.28. The fourth-order valence-corrected chi connectivity index (χ4v) is 3.11. The van der Waals surface area contributed by atoms with E-state index in [9.17, 15) is 4.79 Å². The maximum atomic E-state index is 12.4. The Kier molecular flexibility index (Phi) is 8.00. The molecule has 1 aromatic heterocycles. The zero-order valence-corrected chi connectivity index (χ0v) is 16.7. The fourth-order valence-electron chi connectivity index (χ4n) is 2.89. The highest BCUT2D eigenvalue weighted by Gasteiger charge is 2.11. The molecule has 26 heavy (non-hydrogen) atoms. The van der Waals surface area contributed by atoms with Crippen molar-refractivity contribution in [3.05, 3.63) is 46.0 Å². The van der Waals surface area contributed by atoms with Crippen LogP contribution in [0.5, 0.6) is 0 Å². The van der Waals surface area contributed by atoms with Crippen LogP contribution >= 0.6 is 12.2 Å². The van der Waals surface area contributed by atoms with Crippen molar-refractivity contribution in [1.82, 2.24) is 25.0 Å². The number of aromatic amines is 1. The molecular weight excluding hydrogens is 346 g/mol. The molecule has 0 radical (unpaired) electrons. The topological polar surface area (TPSA) is 66.0 Å². The summed E-state index contributed by atoms with van der Waals surface area (Å²) in [6, 6.07) is 8.27. The molecule has 0 aliphatic heterocycles. The van der Waals surface area contributed by atoms with Crippen LogP contribution in [-0.2, 0) is 30.8 Å². The Morgan fingerprint density at radius 3 is 2.58 bits per heavy atom. The van der Waals surface area contributed by atoms with Crippen LogP contribution in [0, 0.1) is 4.77 Å². The van der Waals surface area contributed by atoms with Crippen LogP contribution < -0.4 is 5.32 Å². The average Bonchev–Trinajstić information content (AvgIpc) is 2.99. The molecule has 0 unspecified atom stereocenters. The summed E-state index contributed by atoms with van der Waals surface area (Å²) in [6.45, 7) is 10.0. The van der Waals surface area contributed by atoms with Crippen LogP contribution in [0.4, 0.5) is 0 Å². The van der Waals surface area contributed by atoms with Crippen molar-refractivity contribution in [2.24, 2.45) is 0 Å². The third kappa shape index (κ3) is 5.51. The summed E-state index contributed by atoms with van der Waals surface area (Å²) >= 11 is 5.24. The van der Waals surface area contributed by atoms with Gasteiger partial charge in [-0.1, -0.05) is 45.0 Å². The molecule has 2 N–H and O–H groups in total. The SMILES string of the molecule is CCCc1n[nH]c(=S)n1CC(=O)NCc1ccccc1CN(CC)CC. The number of hydrogen-bond acceptors (Lipinski definition) is 4. The van der Waals surface area contributed by atoms with Crippen molar-refractivity contribution in [1.29, 1.82) is 0 Å². The Labute approximate surface area is 160 Å². The predicted octanol–water partition coefficient (Wildman–Crippen LogP) is 3.05. The van der Waals surface area contributed by atoms with Gasteiger partial charge < -0.3 is 5.32 Å². The minimum atomic E-state index is -0.0579. The molecule has 2 rings (SSSR count). The summed E-state index contributed by atoms with van der Waals surface area (Å²) in [5.74, 6) is 0.770. The van der Waals surface area contributed by atoms with Gasteiger partial charge in [0.2, 0.25) is 5.91 Å². The lowest BCUT2D eigenvalue weighted by Crippen LogP contribution is -2.29. The van der Waals surface area contributed by atoms with E-state index in [0.717, 1.165) is 43.9 Å². The second-order valence-electron chi connectivity index (χ2n) is 6.29. The first-order valence-corrected chi connectivity index (χ1v) is 9.69. The molecule has 1 amide bonds. The van der Waals surface area contributed by atoms with E-state index in [0.29, 0.717) is 11.3 Å². The number of rotatable bonds is 10. The maximum absolute atomic E-state index is 12.4. The average molecular weight is 376 g/mol.